The summed E-state index contributed by atoms with van der Waals surface area (Å²) in [5, 5.41) is 13.0. The van der Waals surface area contributed by atoms with Crippen LogP contribution >= 0.6 is 0 Å². The summed E-state index contributed by atoms with van der Waals surface area (Å²) in [5.41, 5.74) is 2.42. The molecule has 0 aromatic heterocycles. The first-order chi connectivity index (χ1) is 9.59. The lowest BCUT2D eigenvalue weighted by molar-refractivity contribution is 0.169. The number of nitrogens with zero attached hydrogens (tertiary/aromatic N) is 2. The average Bonchev–Trinajstić information content (AvgIpc) is 2.47. The SMILES string of the molecule is CCNC(C)(CO)CCN1CCN(C)c2ccccc21. The minimum Gasteiger partial charge on any atom is -0.394 e. The number of nitrogens with one attached hydrogen (secondary N) is 1. The highest BCUT2D eigenvalue weighted by atomic mass is 16.3. The first-order valence-corrected chi connectivity index (χ1v) is 7.50. The van der Waals surface area contributed by atoms with Crippen LogP contribution < -0.4 is 15.1 Å². The summed E-state index contributed by atoms with van der Waals surface area (Å²) < 4.78 is 0. The Hall–Kier alpha value is -1.26. The lowest BCUT2D eigenvalue weighted by atomic mass is 9.98. The fourth-order valence-corrected chi connectivity index (χ4v) is 2.83. The maximum absolute atomic E-state index is 9.59. The van der Waals surface area contributed by atoms with Crippen LogP contribution in [0.5, 0.6) is 0 Å². The maximum atomic E-state index is 9.59. The molecule has 4 nitrogen and oxygen atoms in total. The largest absolute Gasteiger partial charge is 0.394 e. The van der Waals surface area contributed by atoms with E-state index in [-0.39, 0.29) is 12.1 Å². The van der Waals surface area contributed by atoms with Crippen molar-refractivity contribution in [3.8, 4) is 0 Å². The molecule has 0 spiro atoms. The van der Waals surface area contributed by atoms with Gasteiger partial charge >= 0.3 is 0 Å². The fourth-order valence-electron chi connectivity index (χ4n) is 2.83. The number of aliphatic hydroxyl groups excluding tert-OH is 1. The van der Waals surface area contributed by atoms with E-state index in [1.807, 2.05) is 0 Å². The molecule has 20 heavy (non-hydrogen) atoms. The lowest BCUT2D eigenvalue weighted by Gasteiger charge is -2.39. The van der Waals surface area contributed by atoms with Crippen molar-refractivity contribution in [3.63, 3.8) is 0 Å². The number of anilines is 2. The number of aliphatic hydroxyl groups is 1. The molecule has 0 bridgehead atoms. The predicted molar refractivity (Wildman–Crippen MR) is 85.7 cm³/mol. The summed E-state index contributed by atoms with van der Waals surface area (Å²) in [6, 6.07) is 8.56. The minimum atomic E-state index is -0.187. The van der Waals surface area contributed by atoms with Crippen molar-refractivity contribution in [2.24, 2.45) is 0 Å². The minimum absolute atomic E-state index is 0.177. The number of likely N-dealkylation sites (N-methyl/N-ethyl adjacent to an activating group) is 2. The summed E-state index contributed by atoms with van der Waals surface area (Å²) in [6.07, 6.45) is 0.940. The van der Waals surface area contributed by atoms with E-state index in [1.54, 1.807) is 0 Å². The van der Waals surface area contributed by atoms with Gasteiger partial charge in [0, 0.05) is 32.2 Å². The number of fused-ring (bicyclic) bond motifs is 1. The first-order valence-electron chi connectivity index (χ1n) is 7.50. The van der Waals surface area contributed by atoms with E-state index in [9.17, 15) is 5.11 Å². The third kappa shape index (κ3) is 3.25. The normalized spacial score (nSPS) is 17.8. The second-order valence-electron chi connectivity index (χ2n) is 5.90. The first kappa shape index (κ1) is 15.1. The Morgan fingerprint density at radius 3 is 2.60 bits per heavy atom. The van der Waals surface area contributed by atoms with Crippen molar-refractivity contribution >= 4 is 11.4 Å². The van der Waals surface area contributed by atoms with Gasteiger partial charge in [-0.15, -0.1) is 0 Å². The van der Waals surface area contributed by atoms with Crippen molar-refractivity contribution in [3.05, 3.63) is 24.3 Å². The summed E-state index contributed by atoms with van der Waals surface area (Å²) in [4.78, 5) is 4.74. The molecule has 0 saturated carbocycles. The second kappa shape index (κ2) is 6.46. The van der Waals surface area contributed by atoms with Crippen molar-refractivity contribution in [1.29, 1.82) is 0 Å². The van der Waals surface area contributed by atoms with Crippen LogP contribution in [0.2, 0.25) is 0 Å². The van der Waals surface area contributed by atoms with E-state index in [0.717, 1.165) is 32.6 Å². The monoisotopic (exact) mass is 277 g/mol. The van der Waals surface area contributed by atoms with Crippen molar-refractivity contribution < 1.29 is 5.11 Å². The molecular weight excluding hydrogens is 250 g/mol. The zero-order valence-electron chi connectivity index (χ0n) is 12.9. The van der Waals surface area contributed by atoms with E-state index < -0.39 is 0 Å². The highest BCUT2D eigenvalue weighted by Crippen LogP contribution is 2.32. The molecule has 0 radical (unpaired) electrons. The molecular formula is C16H27N3O. The van der Waals surface area contributed by atoms with E-state index in [0.29, 0.717) is 0 Å². The standard InChI is InChI=1S/C16H27N3O/c1-4-17-16(2,13-20)9-10-19-12-11-18(3)14-7-5-6-8-15(14)19/h5-8,17,20H,4,9-13H2,1-3H3. The molecule has 1 aliphatic heterocycles. The highest BCUT2D eigenvalue weighted by Gasteiger charge is 2.25. The third-order valence-corrected chi connectivity index (χ3v) is 4.23. The molecule has 0 saturated heterocycles. The van der Waals surface area contributed by atoms with Gasteiger partial charge in [-0.05, 0) is 32.0 Å². The van der Waals surface area contributed by atoms with E-state index in [1.165, 1.54) is 11.4 Å². The van der Waals surface area contributed by atoms with Crippen LogP contribution in [0.3, 0.4) is 0 Å². The van der Waals surface area contributed by atoms with E-state index in [2.05, 4.69) is 60.3 Å². The van der Waals surface area contributed by atoms with Gasteiger partial charge in [0.2, 0.25) is 0 Å². The number of para-hydroxylation sites is 2. The van der Waals surface area contributed by atoms with Gasteiger partial charge in [-0.2, -0.15) is 0 Å². The molecule has 0 fully saturated rings. The summed E-state index contributed by atoms with van der Waals surface area (Å²) in [7, 11) is 2.15. The topological polar surface area (TPSA) is 38.7 Å². The molecule has 1 aromatic rings. The molecule has 1 heterocycles. The van der Waals surface area contributed by atoms with Crippen LogP contribution in [0.1, 0.15) is 20.3 Å². The van der Waals surface area contributed by atoms with Crippen LogP contribution in [-0.2, 0) is 0 Å². The quantitative estimate of drug-likeness (QED) is 0.830. The zero-order chi connectivity index (χ0) is 14.6. The molecule has 0 amide bonds. The second-order valence-corrected chi connectivity index (χ2v) is 5.90. The Balaban J connectivity index is 2.06. The van der Waals surface area contributed by atoms with Crippen LogP contribution in [0.4, 0.5) is 11.4 Å². The smallest absolute Gasteiger partial charge is 0.0611 e. The van der Waals surface area contributed by atoms with Crippen LogP contribution in [0, 0.1) is 0 Å². The van der Waals surface area contributed by atoms with Gasteiger partial charge in [-0.25, -0.2) is 0 Å². The van der Waals surface area contributed by atoms with Crippen molar-refractivity contribution in [2.45, 2.75) is 25.8 Å². The van der Waals surface area contributed by atoms with Gasteiger partial charge < -0.3 is 20.2 Å². The Morgan fingerprint density at radius 2 is 1.95 bits per heavy atom. The van der Waals surface area contributed by atoms with E-state index >= 15 is 0 Å². The molecule has 1 unspecified atom stereocenters. The highest BCUT2D eigenvalue weighted by molar-refractivity contribution is 5.73. The molecule has 1 aromatic carbocycles. The Morgan fingerprint density at radius 1 is 1.25 bits per heavy atom. The van der Waals surface area contributed by atoms with Crippen LogP contribution in [0.15, 0.2) is 24.3 Å². The zero-order valence-corrected chi connectivity index (χ0v) is 12.9. The molecule has 4 heteroatoms. The molecule has 2 rings (SSSR count). The summed E-state index contributed by atoms with van der Waals surface area (Å²) in [5.74, 6) is 0. The van der Waals surface area contributed by atoms with Gasteiger partial charge in [-0.3, -0.25) is 0 Å². The van der Waals surface area contributed by atoms with Crippen LogP contribution in [-0.4, -0.2) is 50.5 Å². The Kier molecular flexibility index (Phi) is 4.89. The molecule has 1 aliphatic rings. The number of benzene rings is 1. The number of rotatable bonds is 6. The van der Waals surface area contributed by atoms with Crippen LogP contribution in [0.25, 0.3) is 0 Å². The molecule has 112 valence electrons. The molecule has 0 aliphatic carbocycles. The van der Waals surface area contributed by atoms with Gasteiger partial charge in [-0.1, -0.05) is 19.1 Å². The number of hydrogen-bond donors (Lipinski definition) is 2. The number of hydrogen-bond acceptors (Lipinski definition) is 4. The van der Waals surface area contributed by atoms with Crippen molar-refractivity contribution in [1.82, 2.24) is 5.32 Å². The van der Waals surface area contributed by atoms with Crippen molar-refractivity contribution in [2.75, 3.05) is 49.6 Å². The predicted octanol–water partition coefficient (Wildman–Crippen LogP) is 1.69. The lowest BCUT2D eigenvalue weighted by Crippen LogP contribution is -2.49. The average molecular weight is 277 g/mol. The fraction of sp³-hybridized carbons (Fsp3) is 0.625. The Bertz CT molecular complexity index is 437. The van der Waals surface area contributed by atoms with E-state index in [4.69, 9.17) is 0 Å². The van der Waals surface area contributed by atoms with Gasteiger partial charge in [0.05, 0.1) is 18.0 Å². The molecule has 1 atom stereocenters. The molecule has 2 N–H and O–H groups in total. The Labute approximate surface area is 122 Å². The summed E-state index contributed by atoms with van der Waals surface area (Å²) >= 11 is 0. The van der Waals surface area contributed by atoms with Gasteiger partial charge in [0.25, 0.3) is 0 Å². The van der Waals surface area contributed by atoms with Gasteiger partial charge in [0.1, 0.15) is 0 Å². The maximum Gasteiger partial charge on any atom is 0.0611 e. The summed E-state index contributed by atoms with van der Waals surface area (Å²) in [6.45, 7) is 8.30. The van der Waals surface area contributed by atoms with Gasteiger partial charge in [0.15, 0.2) is 0 Å². The third-order valence-electron chi connectivity index (χ3n) is 4.23.